The zero-order chi connectivity index (χ0) is 12.3. The highest BCUT2D eigenvalue weighted by molar-refractivity contribution is 5.37. The maximum Gasteiger partial charge on any atom is 0.238 e. The number of nitriles is 1. The van der Waals surface area contributed by atoms with E-state index < -0.39 is 5.82 Å². The molecule has 0 fully saturated rings. The fourth-order valence-corrected chi connectivity index (χ4v) is 1.14. The van der Waals surface area contributed by atoms with Crippen molar-refractivity contribution in [2.75, 3.05) is 5.73 Å². The molecule has 5 nitrogen and oxygen atoms in total. The van der Waals surface area contributed by atoms with Crippen molar-refractivity contribution in [3.05, 3.63) is 42.0 Å². The highest BCUT2D eigenvalue weighted by Crippen LogP contribution is 2.23. The van der Waals surface area contributed by atoms with E-state index in [1.165, 1.54) is 24.5 Å². The first-order valence-electron chi connectivity index (χ1n) is 4.64. The Bertz CT molecular complexity index is 577. The summed E-state index contributed by atoms with van der Waals surface area (Å²) in [7, 11) is 0. The van der Waals surface area contributed by atoms with Gasteiger partial charge in [0.1, 0.15) is 5.82 Å². The van der Waals surface area contributed by atoms with Crippen molar-refractivity contribution in [2.45, 2.75) is 0 Å². The summed E-state index contributed by atoms with van der Waals surface area (Å²) in [4.78, 5) is 7.57. The van der Waals surface area contributed by atoms with Crippen LogP contribution in [0.1, 0.15) is 5.56 Å². The lowest BCUT2D eigenvalue weighted by atomic mass is 10.2. The molecule has 1 aromatic heterocycles. The first-order chi connectivity index (χ1) is 8.19. The van der Waals surface area contributed by atoms with Gasteiger partial charge in [0.15, 0.2) is 11.6 Å². The van der Waals surface area contributed by atoms with Crippen LogP contribution in [0.25, 0.3) is 0 Å². The van der Waals surface area contributed by atoms with Crippen molar-refractivity contribution in [3.63, 3.8) is 0 Å². The zero-order valence-electron chi connectivity index (χ0n) is 8.59. The lowest BCUT2D eigenvalue weighted by molar-refractivity contribution is 0.425. The normalized spacial score (nSPS) is 9.65. The van der Waals surface area contributed by atoms with Gasteiger partial charge in [0.05, 0.1) is 24.0 Å². The van der Waals surface area contributed by atoms with E-state index in [0.717, 1.165) is 6.07 Å². The number of nitrogen functional groups attached to an aromatic ring is 1. The summed E-state index contributed by atoms with van der Waals surface area (Å²) >= 11 is 0. The van der Waals surface area contributed by atoms with Gasteiger partial charge in [-0.15, -0.1) is 0 Å². The summed E-state index contributed by atoms with van der Waals surface area (Å²) in [5.74, 6) is -0.286. The van der Waals surface area contributed by atoms with Crippen LogP contribution in [0, 0.1) is 17.1 Å². The smallest absolute Gasteiger partial charge is 0.238 e. The minimum Gasteiger partial charge on any atom is -0.434 e. The Morgan fingerprint density at radius 2 is 2.12 bits per heavy atom. The molecular weight excluding hydrogens is 223 g/mol. The van der Waals surface area contributed by atoms with E-state index in [-0.39, 0.29) is 23.0 Å². The number of hydrogen-bond acceptors (Lipinski definition) is 5. The summed E-state index contributed by atoms with van der Waals surface area (Å²) in [6, 6.07) is 5.71. The molecule has 6 heteroatoms. The average molecular weight is 230 g/mol. The van der Waals surface area contributed by atoms with Crippen LogP contribution in [0.5, 0.6) is 11.6 Å². The van der Waals surface area contributed by atoms with Crippen molar-refractivity contribution in [2.24, 2.45) is 0 Å². The predicted molar refractivity (Wildman–Crippen MR) is 57.6 cm³/mol. The molecule has 0 unspecified atom stereocenters. The summed E-state index contributed by atoms with van der Waals surface area (Å²) in [6.07, 6.45) is 2.59. The van der Waals surface area contributed by atoms with Crippen LogP contribution < -0.4 is 10.5 Å². The highest BCUT2D eigenvalue weighted by Gasteiger charge is 2.06. The van der Waals surface area contributed by atoms with Gasteiger partial charge in [-0.1, -0.05) is 0 Å². The van der Waals surface area contributed by atoms with Gasteiger partial charge in [-0.2, -0.15) is 5.26 Å². The lowest BCUT2D eigenvalue weighted by Crippen LogP contribution is -1.95. The second-order valence-electron chi connectivity index (χ2n) is 3.14. The van der Waals surface area contributed by atoms with Crippen LogP contribution in [0.2, 0.25) is 0 Å². The van der Waals surface area contributed by atoms with Gasteiger partial charge in [-0.25, -0.2) is 14.4 Å². The van der Waals surface area contributed by atoms with E-state index in [4.69, 9.17) is 15.7 Å². The Morgan fingerprint density at radius 1 is 1.29 bits per heavy atom. The van der Waals surface area contributed by atoms with Crippen LogP contribution in [-0.2, 0) is 0 Å². The molecule has 2 N–H and O–H groups in total. The first-order valence-corrected chi connectivity index (χ1v) is 4.64. The van der Waals surface area contributed by atoms with Gasteiger partial charge < -0.3 is 10.5 Å². The van der Waals surface area contributed by atoms with E-state index in [2.05, 4.69) is 9.97 Å². The number of rotatable bonds is 2. The van der Waals surface area contributed by atoms with E-state index >= 15 is 0 Å². The fourth-order valence-electron chi connectivity index (χ4n) is 1.14. The van der Waals surface area contributed by atoms with Gasteiger partial charge in [0, 0.05) is 0 Å². The molecule has 1 heterocycles. The van der Waals surface area contributed by atoms with Crippen molar-refractivity contribution in [1.82, 2.24) is 9.97 Å². The quantitative estimate of drug-likeness (QED) is 0.851. The lowest BCUT2D eigenvalue weighted by Gasteiger charge is -2.05. The largest absolute Gasteiger partial charge is 0.434 e. The summed E-state index contributed by atoms with van der Waals surface area (Å²) in [5, 5.41) is 8.58. The van der Waals surface area contributed by atoms with Crippen molar-refractivity contribution in [1.29, 1.82) is 5.26 Å². The molecule has 0 spiro atoms. The van der Waals surface area contributed by atoms with Gasteiger partial charge in [-0.3, -0.25) is 0 Å². The molecule has 0 saturated heterocycles. The van der Waals surface area contributed by atoms with Crippen LogP contribution >= 0.6 is 0 Å². The van der Waals surface area contributed by atoms with E-state index in [0.29, 0.717) is 0 Å². The zero-order valence-corrected chi connectivity index (χ0v) is 8.59. The Balaban J connectivity index is 2.25. The SMILES string of the molecule is N#Cc1ccc(Oc2cnc(N)cn2)c(F)c1. The van der Waals surface area contributed by atoms with Crippen LogP contribution in [0.3, 0.4) is 0 Å². The number of hydrogen-bond donors (Lipinski definition) is 1. The minimum absolute atomic E-state index is 0.0249. The molecule has 1 aromatic carbocycles. The number of nitrogens with zero attached hydrogens (tertiary/aromatic N) is 3. The second kappa shape index (κ2) is 4.45. The van der Waals surface area contributed by atoms with Crippen LogP contribution in [0.4, 0.5) is 10.2 Å². The average Bonchev–Trinajstić information content (AvgIpc) is 2.34. The van der Waals surface area contributed by atoms with Gasteiger partial charge in [0.25, 0.3) is 0 Å². The molecule has 84 valence electrons. The molecule has 0 atom stereocenters. The van der Waals surface area contributed by atoms with Gasteiger partial charge >= 0.3 is 0 Å². The molecule has 0 bridgehead atoms. The molecule has 0 aliphatic carbocycles. The van der Waals surface area contributed by atoms with E-state index in [9.17, 15) is 4.39 Å². The first kappa shape index (κ1) is 10.8. The van der Waals surface area contributed by atoms with Gasteiger partial charge in [0.2, 0.25) is 5.88 Å². The number of nitrogens with two attached hydrogens (primary N) is 1. The molecule has 0 amide bonds. The summed E-state index contributed by atoms with van der Waals surface area (Å²) < 4.78 is 18.6. The second-order valence-corrected chi connectivity index (χ2v) is 3.14. The molecular formula is C11H7FN4O. The van der Waals surface area contributed by atoms with Crippen LogP contribution in [0.15, 0.2) is 30.6 Å². The highest BCUT2D eigenvalue weighted by atomic mass is 19.1. The Labute approximate surface area is 96.3 Å². The third kappa shape index (κ3) is 2.46. The molecule has 0 aliphatic rings. The number of ether oxygens (including phenoxy) is 1. The summed E-state index contributed by atoms with van der Waals surface area (Å²) in [5.41, 5.74) is 5.57. The minimum atomic E-state index is -0.636. The fraction of sp³-hybridized carbons (Fsp3) is 0. The van der Waals surface area contributed by atoms with Crippen LogP contribution in [-0.4, -0.2) is 9.97 Å². The molecule has 17 heavy (non-hydrogen) atoms. The topological polar surface area (TPSA) is 84.8 Å². The number of anilines is 1. The Kier molecular flexibility index (Phi) is 2.83. The molecule has 0 aliphatic heterocycles. The Morgan fingerprint density at radius 3 is 2.71 bits per heavy atom. The van der Waals surface area contributed by atoms with E-state index in [1.54, 1.807) is 0 Å². The van der Waals surface area contributed by atoms with Crippen molar-refractivity contribution < 1.29 is 9.13 Å². The molecule has 0 radical (unpaired) electrons. The third-order valence-corrected chi connectivity index (χ3v) is 1.92. The number of halogens is 1. The molecule has 2 rings (SSSR count). The standard InChI is InChI=1S/C11H7FN4O/c12-8-3-7(4-13)1-2-9(8)17-11-6-15-10(14)5-16-11/h1-3,5-6H,(H2,14,15). The molecule has 2 aromatic rings. The number of benzene rings is 1. The molecule has 0 saturated carbocycles. The summed E-state index contributed by atoms with van der Waals surface area (Å²) in [6.45, 7) is 0. The maximum absolute atomic E-state index is 13.5. The maximum atomic E-state index is 13.5. The van der Waals surface area contributed by atoms with Gasteiger partial charge in [-0.05, 0) is 18.2 Å². The van der Waals surface area contributed by atoms with E-state index in [1.807, 2.05) is 6.07 Å². The monoisotopic (exact) mass is 230 g/mol. The third-order valence-electron chi connectivity index (χ3n) is 1.92. The van der Waals surface area contributed by atoms with Crippen molar-refractivity contribution >= 4 is 5.82 Å². The predicted octanol–water partition coefficient (Wildman–Crippen LogP) is 1.86. The van der Waals surface area contributed by atoms with Crippen molar-refractivity contribution in [3.8, 4) is 17.7 Å². The number of aromatic nitrogens is 2. The Hall–Kier alpha value is -2.68.